The van der Waals surface area contributed by atoms with E-state index in [0.717, 1.165) is 12.8 Å². The minimum atomic E-state index is -0.715. The van der Waals surface area contributed by atoms with Crippen LogP contribution < -0.4 is 0 Å². The maximum absolute atomic E-state index is 10.7. The van der Waals surface area contributed by atoms with Crippen LogP contribution in [0.1, 0.15) is 26.2 Å². The van der Waals surface area contributed by atoms with Crippen LogP contribution in [0.15, 0.2) is 0 Å². The Morgan fingerprint density at radius 3 is 3.00 bits per heavy atom. The molecule has 1 heterocycles. The first-order valence-corrected chi connectivity index (χ1v) is 3.99. The smallest absolute Gasteiger partial charge is 0.157 e. The maximum atomic E-state index is 10.7. The van der Waals surface area contributed by atoms with Crippen molar-refractivity contribution in [3.8, 4) is 0 Å². The zero-order valence-corrected chi connectivity index (χ0v) is 6.75. The monoisotopic (exact) mass is 158 g/mol. The summed E-state index contributed by atoms with van der Waals surface area (Å²) < 4.78 is 4.99. The van der Waals surface area contributed by atoms with Crippen LogP contribution in [-0.4, -0.2) is 23.8 Å². The minimum Gasteiger partial charge on any atom is -0.368 e. The molecule has 0 bridgehead atoms. The molecule has 0 radical (unpaired) electrons. The summed E-state index contributed by atoms with van der Waals surface area (Å²) in [6, 6.07) is 0. The Hall–Kier alpha value is -0.410. The average Bonchev–Trinajstić information content (AvgIpc) is 1.93. The van der Waals surface area contributed by atoms with Crippen LogP contribution in [0.25, 0.3) is 0 Å². The van der Waals surface area contributed by atoms with Crippen molar-refractivity contribution in [1.82, 2.24) is 0 Å². The summed E-state index contributed by atoms with van der Waals surface area (Å²) in [6.07, 6.45) is 1.59. The molecule has 64 valence electrons. The van der Waals surface area contributed by atoms with Gasteiger partial charge in [-0.15, -0.1) is 0 Å². The largest absolute Gasteiger partial charge is 0.368 e. The lowest BCUT2D eigenvalue weighted by atomic mass is 9.95. The van der Waals surface area contributed by atoms with Crippen molar-refractivity contribution < 1.29 is 14.6 Å². The number of aliphatic hydroxyl groups is 1. The fourth-order valence-corrected chi connectivity index (χ4v) is 1.40. The second-order valence-corrected chi connectivity index (χ2v) is 3.07. The quantitative estimate of drug-likeness (QED) is 0.643. The van der Waals surface area contributed by atoms with E-state index in [9.17, 15) is 9.90 Å². The van der Waals surface area contributed by atoms with Crippen molar-refractivity contribution in [2.45, 2.75) is 32.5 Å². The Kier molecular flexibility index (Phi) is 3.02. The van der Waals surface area contributed by atoms with E-state index >= 15 is 0 Å². The molecule has 0 aromatic rings. The van der Waals surface area contributed by atoms with Gasteiger partial charge in [-0.1, -0.05) is 0 Å². The average molecular weight is 158 g/mol. The van der Waals surface area contributed by atoms with Crippen LogP contribution in [-0.2, 0) is 9.53 Å². The lowest BCUT2D eigenvalue weighted by Crippen LogP contribution is -2.30. The summed E-state index contributed by atoms with van der Waals surface area (Å²) in [5, 5.41) is 9.24. The molecule has 11 heavy (non-hydrogen) atoms. The van der Waals surface area contributed by atoms with E-state index in [0.29, 0.717) is 13.0 Å². The van der Waals surface area contributed by atoms with E-state index in [2.05, 4.69) is 0 Å². The summed E-state index contributed by atoms with van der Waals surface area (Å²) in [6.45, 7) is 2.16. The summed E-state index contributed by atoms with van der Waals surface area (Å²) in [5.74, 6) is 0.154. The summed E-state index contributed by atoms with van der Waals surface area (Å²) >= 11 is 0. The molecule has 2 unspecified atom stereocenters. The highest BCUT2D eigenvalue weighted by molar-refractivity contribution is 5.75. The normalized spacial score (nSPS) is 31.8. The van der Waals surface area contributed by atoms with E-state index in [4.69, 9.17) is 4.74 Å². The number of rotatable bonds is 2. The Balaban J connectivity index is 2.35. The molecule has 0 spiro atoms. The summed E-state index contributed by atoms with van der Waals surface area (Å²) in [7, 11) is 0. The molecule has 1 aliphatic rings. The lowest BCUT2D eigenvalue weighted by molar-refractivity contribution is -0.163. The fourth-order valence-electron chi connectivity index (χ4n) is 1.40. The Morgan fingerprint density at radius 1 is 1.73 bits per heavy atom. The van der Waals surface area contributed by atoms with Gasteiger partial charge in [0.1, 0.15) is 5.78 Å². The highest BCUT2D eigenvalue weighted by Gasteiger charge is 2.24. The van der Waals surface area contributed by atoms with Crippen molar-refractivity contribution in [3.63, 3.8) is 0 Å². The van der Waals surface area contributed by atoms with Gasteiger partial charge < -0.3 is 14.6 Å². The number of carbonyl (C=O) groups excluding carboxylic acids is 1. The molecule has 0 saturated carbocycles. The molecule has 3 heteroatoms. The molecule has 1 saturated heterocycles. The molecule has 1 fully saturated rings. The number of ether oxygens (including phenoxy) is 1. The number of carbonyl (C=O) groups is 1. The molecule has 0 aliphatic carbocycles. The predicted molar refractivity (Wildman–Crippen MR) is 40.0 cm³/mol. The van der Waals surface area contributed by atoms with Crippen LogP contribution in [0.5, 0.6) is 0 Å². The number of hydrogen-bond donors (Lipinski definition) is 1. The first kappa shape index (κ1) is 8.68. The van der Waals surface area contributed by atoms with E-state index in [1.807, 2.05) is 0 Å². The maximum Gasteiger partial charge on any atom is 0.157 e. The standard InChI is InChI=1S/C8H14O3/c1-6(9)5-7-3-2-4-11-8(7)10/h7-8,10H,2-5H2,1H3. The van der Waals surface area contributed by atoms with Gasteiger partial charge in [-0.05, 0) is 19.8 Å². The number of ketones is 1. The second-order valence-electron chi connectivity index (χ2n) is 3.07. The molecule has 1 rings (SSSR count). The molecule has 0 aromatic heterocycles. The van der Waals surface area contributed by atoms with Crippen molar-refractivity contribution in [3.05, 3.63) is 0 Å². The zero-order valence-electron chi connectivity index (χ0n) is 6.75. The third-order valence-corrected chi connectivity index (χ3v) is 1.96. The number of aliphatic hydroxyl groups excluding tert-OH is 1. The Labute approximate surface area is 66.4 Å². The first-order valence-electron chi connectivity index (χ1n) is 3.99. The van der Waals surface area contributed by atoms with E-state index in [1.54, 1.807) is 6.92 Å². The second kappa shape index (κ2) is 3.83. The van der Waals surface area contributed by atoms with Crippen LogP contribution >= 0.6 is 0 Å². The van der Waals surface area contributed by atoms with Gasteiger partial charge in [-0.25, -0.2) is 0 Å². The Bertz CT molecular complexity index is 144. The molecule has 1 aliphatic heterocycles. The third kappa shape index (κ3) is 2.60. The number of Topliss-reactive ketones (excluding diaryl/α,β-unsaturated/α-hetero) is 1. The predicted octanol–water partition coefficient (Wildman–Crippen LogP) is 0.710. The zero-order chi connectivity index (χ0) is 8.27. The van der Waals surface area contributed by atoms with Gasteiger partial charge in [0.15, 0.2) is 6.29 Å². The lowest BCUT2D eigenvalue weighted by Gasteiger charge is -2.26. The molecule has 2 atom stereocenters. The minimum absolute atomic E-state index is 0.0289. The highest BCUT2D eigenvalue weighted by atomic mass is 16.6. The third-order valence-electron chi connectivity index (χ3n) is 1.96. The van der Waals surface area contributed by atoms with Gasteiger partial charge in [0.2, 0.25) is 0 Å². The fraction of sp³-hybridized carbons (Fsp3) is 0.875. The van der Waals surface area contributed by atoms with Gasteiger partial charge in [-0.2, -0.15) is 0 Å². The van der Waals surface area contributed by atoms with Crippen molar-refractivity contribution >= 4 is 5.78 Å². The first-order chi connectivity index (χ1) is 5.20. The molecular weight excluding hydrogens is 144 g/mol. The highest BCUT2D eigenvalue weighted by Crippen LogP contribution is 2.22. The van der Waals surface area contributed by atoms with E-state index in [-0.39, 0.29) is 11.7 Å². The van der Waals surface area contributed by atoms with Gasteiger partial charge in [0.05, 0.1) is 0 Å². The van der Waals surface area contributed by atoms with Crippen molar-refractivity contribution in [2.75, 3.05) is 6.61 Å². The van der Waals surface area contributed by atoms with Gasteiger partial charge in [-0.3, -0.25) is 0 Å². The summed E-state index contributed by atoms with van der Waals surface area (Å²) in [4.78, 5) is 10.7. The SMILES string of the molecule is CC(=O)CC1CCCOC1O. The molecule has 0 amide bonds. The topological polar surface area (TPSA) is 46.5 Å². The molecule has 0 aromatic carbocycles. The molecular formula is C8H14O3. The molecule has 1 N–H and O–H groups in total. The van der Waals surface area contributed by atoms with Crippen LogP contribution in [0.2, 0.25) is 0 Å². The van der Waals surface area contributed by atoms with Gasteiger partial charge >= 0.3 is 0 Å². The van der Waals surface area contributed by atoms with E-state index < -0.39 is 6.29 Å². The van der Waals surface area contributed by atoms with Crippen LogP contribution in [0.3, 0.4) is 0 Å². The molecule has 3 nitrogen and oxygen atoms in total. The summed E-state index contributed by atoms with van der Waals surface area (Å²) in [5.41, 5.74) is 0. The number of hydrogen-bond acceptors (Lipinski definition) is 3. The van der Waals surface area contributed by atoms with Gasteiger partial charge in [0.25, 0.3) is 0 Å². The van der Waals surface area contributed by atoms with E-state index in [1.165, 1.54) is 0 Å². The van der Waals surface area contributed by atoms with Crippen molar-refractivity contribution in [1.29, 1.82) is 0 Å². The Morgan fingerprint density at radius 2 is 2.45 bits per heavy atom. The van der Waals surface area contributed by atoms with Crippen molar-refractivity contribution in [2.24, 2.45) is 5.92 Å². The van der Waals surface area contributed by atoms with Crippen LogP contribution in [0, 0.1) is 5.92 Å². The van der Waals surface area contributed by atoms with Gasteiger partial charge in [0, 0.05) is 18.9 Å². The van der Waals surface area contributed by atoms with Crippen LogP contribution in [0.4, 0.5) is 0 Å².